The molecule has 7 nitrogen and oxygen atoms in total. The minimum atomic E-state index is -3.11. The molecule has 8 heteroatoms. The Morgan fingerprint density at radius 2 is 1.40 bits per heavy atom. The Kier molecular flexibility index (Phi) is 14.3. The molecule has 1 aliphatic rings. The second-order valence-corrected chi connectivity index (χ2v) is 12.3. The average molecular weight is 575 g/mol. The van der Waals surface area contributed by atoms with Gasteiger partial charge < -0.3 is 28.0 Å². The van der Waals surface area contributed by atoms with Crippen LogP contribution in [0.5, 0.6) is 11.5 Å². The normalized spacial score (nSPS) is 14.3. The van der Waals surface area contributed by atoms with E-state index in [2.05, 4.69) is 19.9 Å². The maximum Gasteiger partial charge on any atom is 0.334 e. The van der Waals surface area contributed by atoms with Crippen LogP contribution in [0.2, 0.25) is 0 Å². The number of hydrogen-bond donors (Lipinski definition) is 0. The Balaban J connectivity index is 1.84. The van der Waals surface area contributed by atoms with Crippen molar-refractivity contribution in [1.29, 1.82) is 0 Å². The highest BCUT2D eigenvalue weighted by Crippen LogP contribution is 2.49. The van der Waals surface area contributed by atoms with Crippen LogP contribution in [0, 0.1) is 0 Å². The van der Waals surface area contributed by atoms with Gasteiger partial charge in [0.1, 0.15) is 11.5 Å². The first-order valence-electron chi connectivity index (χ1n) is 14.7. The summed E-state index contributed by atoms with van der Waals surface area (Å²) in [6.07, 6.45) is 13.0. The van der Waals surface area contributed by atoms with Crippen molar-refractivity contribution in [3.8, 4) is 11.5 Å². The summed E-state index contributed by atoms with van der Waals surface area (Å²) in [5.74, 6) is 1.56. The summed E-state index contributed by atoms with van der Waals surface area (Å²) in [4.78, 5) is 0. The van der Waals surface area contributed by atoms with Crippen LogP contribution in [0.1, 0.15) is 93.8 Å². The molecule has 2 aromatic carbocycles. The van der Waals surface area contributed by atoms with Crippen molar-refractivity contribution in [2.24, 2.45) is 0 Å². The summed E-state index contributed by atoms with van der Waals surface area (Å²) in [7, 11) is -0.297. The molecule has 40 heavy (non-hydrogen) atoms. The van der Waals surface area contributed by atoms with Gasteiger partial charge in [0.25, 0.3) is 0 Å². The minimum Gasteiger partial charge on any atom is -0.493 e. The van der Waals surface area contributed by atoms with E-state index >= 15 is 0 Å². The molecule has 1 saturated heterocycles. The van der Waals surface area contributed by atoms with E-state index in [9.17, 15) is 4.57 Å². The van der Waals surface area contributed by atoms with Gasteiger partial charge in [0, 0.05) is 19.8 Å². The Morgan fingerprint density at radius 3 is 1.98 bits per heavy atom. The molecule has 0 amide bonds. The van der Waals surface area contributed by atoms with Crippen LogP contribution in [-0.4, -0.2) is 40.6 Å². The molecular weight excluding hydrogens is 527 g/mol. The van der Waals surface area contributed by atoms with Crippen LogP contribution in [0.15, 0.2) is 36.4 Å². The smallest absolute Gasteiger partial charge is 0.334 e. The fourth-order valence-corrected chi connectivity index (χ4v) is 5.53. The molecule has 1 aliphatic heterocycles. The molecule has 1 heterocycles. The first-order valence-corrected chi connectivity index (χ1v) is 16.4. The van der Waals surface area contributed by atoms with Gasteiger partial charge in [-0.25, -0.2) is 0 Å². The van der Waals surface area contributed by atoms with E-state index < -0.39 is 13.9 Å². The first-order chi connectivity index (χ1) is 19.5. The Hall–Kier alpha value is -2.15. The average Bonchev–Trinajstić information content (AvgIpc) is 3.52. The van der Waals surface area contributed by atoms with Crippen molar-refractivity contribution in [2.75, 3.05) is 40.6 Å². The molecule has 0 atom stereocenters. The zero-order valence-corrected chi connectivity index (χ0v) is 25.6. The van der Waals surface area contributed by atoms with Crippen LogP contribution in [-0.2, 0) is 29.2 Å². The maximum absolute atomic E-state index is 12.5. The topological polar surface area (TPSA) is 72.5 Å². The van der Waals surface area contributed by atoms with Crippen molar-refractivity contribution in [3.05, 3.63) is 58.7 Å². The lowest BCUT2D eigenvalue weighted by atomic mass is 10.1. The molecule has 0 bridgehead atoms. The molecule has 0 spiro atoms. The number of rotatable bonds is 19. The highest BCUT2D eigenvalue weighted by molar-refractivity contribution is 7.52. The monoisotopic (exact) mass is 574 g/mol. The standard InChI is InChI=1S/C32H47O7P/c1-5-7-9-11-19-36-30-24-29(32-38-21-22-39-32)31(37-20-12-10-8-6-2)23-28(30)18-17-26-13-15-27(16-14-26)25-40(33,34-3)35-4/h13-18,23-24,32H,5-12,19-22,25H2,1-4H3/b18-17+. The number of unbranched alkanes of at least 4 members (excludes halogenated alkanes) is 6. The quantitative estimate of drug-likeness (QED) is 0.0943. The highest BCUT2D eigenvalue weighted by atomic mass is 31.2. The zero-order chi connectivity index (χ0) is 28.6. The second-order valence-electron chi connectivity index (χ2n) is 10.0. The summed E-state index contributed by atoms with van der Waals surface area (Å²) in [5, 5.41) is 0. The molecule has 222 valence electrons. The van der Waals surface area contributed by atoms with Gasteiger partial charge >= 0.3 is 7.60 Å². The lowest BCUT2D eigenvalue weighted by molar-refractivity contribution is -0.0459. The second kappa shape index (κ2) is 17.6. The van der Waals surface area contributed by atoms with Gasteiger partial charge in [-0.1, -0.05) is 88.8 Å². The third-order valence-electron chi connectivity index (χ3n) is 6.90. The van der Waals surface area contributed by atoms with Crippen molar-refractivity contribution < 1.29 is 32.6 Å². The van der Waals surface area contributed by atoms with Crippen LogP contribution in [0.4, 0.5) is 0 Å². The molecule has 0 aliphatic carbocycles. The third kappa shape index (κ3) is 10.4. The molecule has 0 aromatic heterocycles. The Morgan fingerprint density at radius 1 is 0.800 bits per heavy atom. The Bertz CT molecular complexity index is 1070. The maximum atomic E-state index is 12.5. The largest absolute Gasteiger partial charge is 0.493 e. The summed E-state index contributed by atoms with van der Waals surface area (Å²) in [6.45, 7) is 6.84. The van der Waals surface area contributed by atoms with E-state index in [4.69, 9.17) is 28.0 Å². The zero-order valence-electron chi connectivity index (χ0n) is 24.7. The van der Waals surface area contributed by atoms with Crippen LogP contribution in [0.3, 0.4) is 0 Å². The van der Waals surface area contributed by atoms with Gasteiger partial charge in [0.15, 0.2) is 6.29 Å². The molecular formula is C32H47O7P. The molecule has 2 aromatic rings. The van der Waals surface area contributed by atoms with Crippen molar-refractivity contribution in [2.45, 2.75) is 77.7 Å². The highest BCUT2D eigenvalue weighted by Gasteiger charge is 2.25. The predicted octanol–water partition coefficient (Wildman–Crippen LogP) is 8.81. The number of ether oxygens (including phenoxy) is 4. The van der Waals surface area contributed by atoms with Crippen molar-refractivity contribution in [3.63, 3.8) is 0 Å². The lowest BCUT2D eigenvalue weighted by Gasteiger charge is -2.19. The molecule has 0 radical (unpaired) electrons. The van der Waals surface area contributed by atoms with Crippen LogP contribution in [0.25, 0.3) is 12.2 Å². The van der Waals surface area contributed by atoms with E-state index in [0.717, 1.165) is 59.4 Å². The number of benzene rings is 2. The fourth-order valence-electron chi connectivity index (χ4n) is 4.46. The van der Waals surface area contributed by atoms with Gasteiger partial charge in [-0.15, -0.1) is 0 Å². The lowest BCUT2D eigenvalue weighted by Crippen LogP contribution is -2.07. The van der Waals surface area contributed by atoms with E-state index in [-0.39, 0.29) is 6.16 Å². The van der Waals surface area contributed by atoms with Crippen LogP contribution >= 0.6 is 7.60 Å². The fraction of sp³-hybridized carbons (Fsp3) is 0.562. The SMILES string of the molecule is CCCCCCOc1cc(C2OCCO2)c(OCCCCCC)cc1/C=C/c1ccc(CP(=O)(OC)OC)cc1. The summed E-state index contributed by atoms with van der Waals surface area (Å²) < 4.78 is 46.9. The summed E-state index contributed by atoms with van der Waals surface area (Å²) in [5.41, 5.74) is 3.71. The molecule has 0 unspecified atom stereocenters. The third-order valence-corrected chi connectivity index (χ3v) is 8.76. The van der Waals surface area contributed by atoms with E-state index in [0.29, 0.717) is 26.4 Å². The number of hydrogen-bond acceptors (Lipinski definition) is 7. The van der Waals surface area contributed by atoms with Gasteiger partial charge in [-0.05, 0) is 36.1 Å². The van der Waals surface area contributed by atoms with Crippen molar-refractivity contribution >= 4 is 19.7 Å². The van der Waals surface area contributed by atoms with E-state index in [1.54, 1.807) is 0 Å². The van der Waals surface area contributed by atoms with E-state index in [1.807, 2.05) is 42.5 Å². The van der Waals surface area contributed by atoms with Crippen LogP contribution < -0.4 is 9.47 Å². The molecule has 0 saturated carbocycles. The summed E-state index contributed by atoms with van der Waals surface area (Å²) >= 11 is 0. The minimum absolute atomic E-state index is 0.228. The van der Waals surface area contributed by atoms with Gasteiger partial charge in [-0.3, -0.25) is 4.57 Å². The first kappa shape index (κ1) is 32.4. The predicted molar refractivity (Wildman–Crippen MR) is 161 cm³/mol. The molecule has 3 rings (SSSR count). The summed E-state index contributed by atoms with van der Waals surface area (Å²) in [6, 6.07) is 11.9. The van der Waals surface area contributed by atoms with E-state index in [1.165, 1.54) is 39.9 Å². The molecule has 1 fully saturated rings. The van der Waals surface area contributed by atoms with Gasteiger partial charge in [0.2, 0.25) is 0 Å². The molecule has 0 N–H and O–H groups in total. The van der Waals surface area contributed by atoms with Gasteiger partial charge in [-0.2, -0.15) is 0 Å². The van der Waals surface area contributed by atoms with Crippen molar-refractivity contribution in [1.82, 2.24) is 0 Å². The van der Waals surface area contributed by atoms with Gasteiger partial charge in [0.05, 0.1) is 38.2 Å². The Labute approximate surface area is 240 Å².